The maximum Gasteiger partial charge on any atom is 0.232 e. The lowest BCUT2D eigenvalue weighted by Gasteiger charge is -2.51. The zero-order valence-electron chi connectivity index (χ0n) is 15.9. The Bertz CT molecular complexity index is 711. The van der Waals surface area contributed by atoms with Crippen LogP contribution in [0.15, 0.2) is 24.3 Å². The molecule has 5 nitrogen and oxygen atoms in total. The van der Waals surface area contributed by atoms with Crippen molar-refractivity contribution in [1.82, 2.24) is 9.80 Å². The van der Waals surface area contributed by atoms with Crippen molar-refractivity contribution in [1.29, 1.82) is 0 Å². The zero-order chi connectivity index (χ0) is 19.1. The number of nitrogens with zero attached hydrogens (tertiary/aromatic N) is 2. The van der Waals surface area contributed by atoms with Gasteiger partial charge < -0.3 is 14.5 Å². The van der Waals surface area contributed by atoms with Crippen LogP contribution < -0.4 is 0 Å². The van der Waals surface area contributed by atoms with Gasteiger partial charge in [-0.05, 0) is 49.8 Å². The van der Waals surface area contributed by atoms with Crippen molar-refractivity contribution < 1.29 is 14.3 Å². The van der Waals surface area contributed by atoms with Gasteiger partial charge >= 0.3 is 0 Å². The highest BCUT2D eigenvalue weighted by Crippen LogP contribution is 2.40. The molecular weight excluding hydrogens is 364 g/mol. The quantitative estimate of drug-likeness (QED) is 0.797. The highest BCUT2D eigenvalue weighted by molar-refractivity contribution is 6.30. The smallest absolute Gasteiger partial charge is 0.232 e. The van der Waals surface area contributed by atoms with Crippen molar-refractivity contribution in [2.45, 2.75) is 44.6 Å². The van der Waals surface area contributed by atoms with E-state index >= 15 is 0 Å². The molecule has 146 valence electrons. The molecule has 0 aliphatic carbocycles. The lowest BCUT2D eigenvalue weighted by atomic mass is 9.72. The summed E-state index contributed by atoms with van der Waals surface area (Å²) < 4.78 is 5.99. The van der Waals surface area contributed by atoms with Crippen LogP contribution in [0.2, 0.25) is 5.02 Å². The molecule has 6 heteroatoms. The van der Waals surface area contributed by atoms with Crippen LogP contribution in [0.5, 0.6) is 0 Å². The summed E-state index contributed by atoms with van der Waals surface area (Å²) >= 11 is 6.00. The number of ether oxygens (including phenoxy) is 1. The van der Waals surface area contributed by atoms with E-state index in [0.717, 1.165) is 50.9 Å². The fourth-order valence-electron chi connectivity index (χ4n) is 4.82. The Balaban J connectivity index is 1.48. The minimum atomic E-state index is -0.513. The minimum Gasteiger partial charge on any atom is -0.375 e. The normalized spacial score (nSPS) is 23.3. The Kier molecular flexibility index (Phi) is 4.93. The molecule has 1 spiro atoms. The Hall–Kier alpha value is -1.59. The summed E-state index contributed by atoms with van der Waals surface area (Å²) in [6.07, 6.45) is 4.73. The first-order valence-electron chi connectivity index (χ1n) is 9.85. The van der Waals surface area contributed by atoms with E-state index in [4.69, 9.17) is 16.3 Å². The van der Waals surface area contributed by atoms with E-state index in [1.165, 1.54) is 0 Å². The number of amides is 2. The molecular formula is C21H27ClN2O3. The Morgan fingerprint density at radius 3 is 2.30 bits per heavy atom. The molecule has 3 fully saturated rings. The molecule has 1 aromatic carbocycles. The third-order valence-corrected chi connectivity index (χ3v) is 6.74. The van der Waals surface area contributed by atoms with Gasteiger partial charge in [0.25, 0.3) is 0 Å². The number of hydrogen-bond donors (Lipinski definition) is 0. The molecule has 0 aromatic heterocycles. The van der Waals surface area contributed by atoms with Crippen molar-refractivity contribution in [3.63, 3.8) is 0 Å². The molecule has 0 saturated carbocycles. The van der Waals surface area contributed by atoms with Crippen LogP contribution in [0.4, 0.5) is 0 Å². The van der Waals surface area contributed by atoms with Crippen molar-refractivity contribution in [3.8, 4) is 0 Å². The monoisotopic (exact) mass is 390 g/mol. The van der Waals surface area contributed by atoms with Gasteiger partial charge in [-0.1, -0.05) is 23.7 Å². The Morgan fingerprint density at radius 1 is 1.07 bits per heavy atom. The first-order chi connectivity index (χ1) is 12.9. The zero-order valence-corrected chi connectivity index (χ0v) is 16.6. The number of hydrogen-bond acceptors (Lipinski definition) is 3. The molecule has 0 unspecified atom stereocenters. The van der Waals surface area contributed by atoms with E-state index < -0.39 is 5.41 Å². The number of carbonyl (C=O) groups excluding carboxylic acids is 2. The van der Waals surface area contributed by atoms with Crippen LogP contribution >= 0.6 is 11.6 Å². The molecule has 0 radical (unpaired) electrons. The van der Waals surface area contributed by atoms with E-state index in [-0.39, 0.29) is 17.4 Å². The Labute approximate surface area is 165 Å². The van der Waals surface area contributed by atoms with Crippen LogP contribution in [-0.4, -0.2) is 60.0 Å². The van der Waals surface area contributed by atoms with Crippen LogP contribution in [0, 0.1) is 5.41 Å². The number of rotatable bonds is 3. The average Bonchev–Trinajstić information content (AvgIpc) is 3.07. The molecule has 4 rings (SSSR count). The van der Waals surface area contributed by atoms with Crippen molar-refractivity contribution in [3.05, 3.63) is 34.9 Å². The molecule has 0 bridgehead atoms. The average molecular weight is 391 g/mol. The van der Waals surface area contributed by atoms with Gasteiger partial charge in [0.2, 0.25) is 11.8 Å². The second-order valence-corrected chi connectivity index (χ2v) is 8.82. The van der Waals surface area contributed by atoms with E-state index in [0.29, 0.717) is 24.5 Å². The van der Waals surface area contributed by atoms with Crippen molar-refractivity contribution >= 4 is 23.4 Å². The van der Waals surface area contributed by atoms with Crippen LogP contribution in [-0.2, 0) is 20.7 Å². The first-order valence-corrected chi connectivity index (χ1v) is 10.2. The van der Waals surface area contributed by atoms with Gasteiger partial charge in [-0.15, -0.1) is 0 Å². The lowest BCUT2D eigenvalue weighted by molar-refractivity contribution is -0.163. The predicted molar refractivity (Wildman–Crippen MR) is 104 cm³/mol. The number of carbonyl (C=O) groups is 2. The van der Waals surface area contributed by atoms with Crippen molar-refractivity contribution in [2.24, 2.45) is 5.41 Å². The lowest BCUT2D eigenvalue weighted by Crippen LogP contribution is -2.66. The number of likely N-dealkylation sites (tertiary alicyclic amines) is 2. The summed E-state index contributed by atoms with van der Waals surface area (Å²) in [6, 6.07) is 7.67. The molecule has 27 heavy (non-hydrogen) atoms. The standard InChI is InChI=1S/C21H27ClN2O3/c1-16(25)24-14-20(15-24,13-17-3-5-18(22)6-4-17)19(26)23-10-8-21(9-11-23)7-2-12-27-21/h3-6H,2,7-15H2,1H3. The van der Waals surface area contributed by atoms with E-state index in [2.05, 4.69) is 0 Å². The molecule has 2 amide bonds. The third kappa shape index (κ3) is 3.59. The van der Waals surface area contributed by atoms with Gasteiger partial charge in [0.15, 0.2) is 0 Å². The number of halogens is 1. The fourth-order valence-corrected chi connectivity index (χ4v) is 4.95. The maximum atomic E-state index is 13.5. The summed E-state index contributed by atoms with van der Waals surface area (Å²) in [6.45, 7) is 4.92. The summed E-state index contributed by atoms with van der Waals surface area (Å²) in [5.74, 6) is 0.217. The van der Waals surface area contributed by atoms with E-state index in [9.17, 15) is 9.59 Å². The number of benzene rings is 1. The summed E-state index contributed by atoms with van der Waals surface area (Å²) in [5.41, 5.74) is 0.578. The number of piperidine rings is 1. The van der Waals surface area contributed by atoms with E-state index in [1.807, 2.05) is 29.2 Å². The van der Waals surface area contributed by atoms with E-state index in [1.54, 1.807) is 11.8 Å². The fraction of sp³-hybridized carbons (Fsp3) is 0.619. The molecule has 3 saturated heterocycles. The molecule has 1 aromatic rings. The maximum absolute atomic E-state index is 13.5. The van der Waals surface area contributed by atoms with Crippen LogP contribution in [0.3, 0.4) is 0 Å². The molecule has 3 aliphatic rings. The van der Waals surface area contributed by atoms with Gasteiger partial charge in [0.1, 0.15) is 0 Å². The summed E-state index contributed by atoms with van der Waals surface area (Å²) in [7, 11) is 0. The molecule has 0 N–H and O–H groups in total. The molecule has 3 heterocycles. The summed E-state index contributed by atoms with van der Waals surface area (Å²) in [4.78, 5) is 29.0. The first kappa shape index (κ1) is 18.8. The SMILES string of the molecule is CC(=O)N1CC(Cc2ccc(Cl)cc2)(C(=O)N2CCC3(CCCO3)CC2)C1. The van der Waals surface area contributed by atoms with Gasteiger partial charge in [-0.25, -0.2) is 0 Å². The van der Waals surface area contributed by atoms with Crippen LogP contribution in [0.25, 0.3) is 0 Å². The van der Waals surface area contributed by atoms with Gasteiger partial charge in [0.05, 0.1) is 11.0 Å². The van der Waals surface area contributed by atoms with Gasteiger partial charge in [-0.2, -0.15) is 0 Å². The molecule has 0 atom stereocenters. The highest BCUT2D eigenvalue weighted by Gasteiger charge is 2.53. The second kappa shape index (κ2) is 7.10. The predicted octanol–water partition coefficient (Wildman–Crippen LogP) is 2.90. The van der Waals surface area contributed by atoms with Gasteiger partial charge in [0, 0.05) is 44.7 Å². The Morgan fingerprint density at radius 2 is 1.74 bits per heavy atom. The summed E-state index contributed by atoms with van der Waals surface area (Å²) in [5, 5.41) is 0.691. The van der Waals surface area contributed by atoms with Crippen LogP contribution in [0.1, 0.15) is 38.2 Å². The molecule has 3 aliphatic heterocycles. The minimum absolute atomic E-state index is 0.00511. The largest absolute Gasteiger partial charge is 0.375 e. The third-order valence-electron chi connectivity index (χ3n) is 6.49. The van der Waals surface area contributed by atoms with Crippen molar-refractivity contribution in [2.75, 3.05) is 32.8 Å². The second-order valence-electron chi connectivity index (χ2n) is 8.39. The van der Waals surface area contributed by atoms with Gasteiger partial charge in [-0.3, -0.25) is 9.59 Å². The highest BCUT2D eigenvalue weighted by atomic mass is 35.5. The topological polar surface area (TPSA) is 49.9 Å².